The van der Waals surface area contributed by atoms with Gasteiger partial charge in [0.2, 0.25) is 0 Å². The molecule has 0 radical (unpaired) electrons. The Morgan fingerprint density at radius 3 is 2.36 bits per heavy atom. The van der Waals surface area contributed by atoms with E-state index in [4.69, 9.17) is 4.74 Å². The van der Waals surface area contributed by atoms with Crippen LogP contribution in [0.25, 0.3) is 0 Å². The van der Waals surface area contributed by atoms with Crippen LogP contribution in [0, 0.1) is 3.57 Å². The lowest BCUT2D eigenvalue weighted by Gasteiger charge is -2.37. The van der Waals surface area contributed by atoms with Crippen molar-refractivity contribution in [1.29, 1.82) is 0 Å². The van der Waals surface area contributed by atoms with E-state index in [0.717, 1.165) is 5.69 Å². The second-order valence-electron chi connectivity index (χ2n) is 7.24. The molecule has 0 spiro atoms. The van der Waals surface area contributed by atoms with Crippen LogP contribution in [0.3, 0.4) is 0 Å². The molecule has 1 rings (SSSR count). The maximum absolute atomic E-state index is 12.4. The standard InChI is InChI=1S/C17H27IN2O2/c1-16(2,3)20(15(21)22-17(4,5)6)11-10-19-14-9-7-8-13(18)12-14/h7-9,12,19H,10-11H2,1-6H3. The summed E-state index contributed by atoms with van der Waals surface area (Å²) >= 11 is 2.28. The summed E-state index contributed by atoms with van der Waals surface area (Å²) < 4.78 is 6.69. The minimum atomic E-state index is -0.483. The van der Waals surface area contributed by atoms with Crippen molar-refractivity contribution >= 4 is 34.4 Å². The number of nitrogens with one attached hydrogen (secondary N) is 1. The maximum atomic E-state index is 12.4. The molecule has 0 atom stereocenters. The summed E-state index contributed by atoms with van der Waals surface area (Å²) in [6.45, 7) is 13.0. The zero-order chi connectivity index (χ0) is 17.0. The predicted octanol–water partition coefficient (Wildman–Crippen LogP) is 4.74. The summed E-state index contributed by atoms with van der Waals surface area (Å²) in [7, 11) is 0. The quantitative estimate of drug-likeness (QED) is 0.719. The Balaban J connectivity index is 2.65. The van der Waals surface area contributed by atoms with Crippen molar-refractivity contribution in [2.75, 3.05) is 18.4 Å². The third-order valence-corrected chi connectivity index (χ3v) is 3.58. The van der Waals surface area contributed by atoms with E-state index in [-0.39, 0.29) is 11.6 Å². The highest BCUT2D eigenvalue weighted by Gasteiger charge is 2.30. The molecule has 0 aromatic heterocycles. The van der Waals surface area contributed by atoms with Gasteiger partial charge in [-0.1, -0.05) is 6.07 Å². The highest BCUT2D eigenvalue weighted by atomic mass is 127. The van der Waals surface area contributed by atoms with Crippen LogP contribution in [0.4, 0.5) is 10.5 Å². The average Bonchev–Trinajstić information content (AvgIpc) is 2.30. The Bertz CT molecular complexity index is 504. The van der Waals surface area contributed by atoms with Gasteiger partial charge in [0.15, 0.2) is 0 Å². The van der Waals surface area contributed by atoms with Gasteiger partial charge in [0.05, 0.1) is 0 Å². The van der Waals surface area contributed by atoms with Gasteiger partial charge in [-0.25, -0.2) is 4.79 Å². The molecule has 4 nitrogen and oxygen atoms in total. The van der Waals surface area contributed by atoms with Crippen LogP contribution in [0.15, 0.2) is 24.3 Å². The largest absolute Gasteiger partial charge is 0.444 e. The highest BCUT2D eigenvalue weighted by molar-refractivity contribution is 14.1. The molecule has 1 aromatic carbocycles. The molecule has 1 aromatic rings. The van der Waals surface area contributed by atoms with E-state index in [0.29, 0.717) is 13.1 Å². The predicted molar refractivity (Wildman–Crippen MR) is 100 cm³/mol. The third kappa shape index (κ3) is 6.85. The zero-order valence-electron chi connectivity index (χ0n) is 14.4. The lowest BCUT2D eigenvalue weighted by molar-refractivity contribution is 0.00749. The summed E-state index contributed by atoms with van der Waals surface area (Å²) in [6, 6.07) is 8.17. The molecular weight excluding hydrogens is 391 g/mol. The molecule has 0 heterocycles. The maximum Gasteiger partial charge on any atom is 0.410 e. The smallest absolute Gasteiger partial charge is 0.410 e. The molecule has 0 unspecified atom stereocenters. The topological polar surface area (TPSA) is 41.6 Å². The third-order valence-electron chi connectivity index (χ3n) is 2.91. The molecule has 5 heteroatoms. The molecule has 1 amide bonds. The first-order valence-electron chi connectivity index (χ1n) is 7.49. The van der Waals surface area contributed by atoms with Crippen LogP contribution >= 0.6 is 22.6 Å². The number of amides is 1. The van der Waals surface area contributed by atoms with E-state index in [1.807, 2.05) is 59.7 Å². The van der Waals surface area contributed by atoms with Gasteiger partial charge in [0.25, 0.3) is 0 Å². The van der Waals surface area contributed by atoms with Gasteiger partial charge in [-0.2, -0.15) is 0 Å². The van der Waals surface area contributed by atoms with E-state index < -0.39 is 5.60 Å². The van der Waals surface area contributed by atoms with E-state index in [1.54, 1.807) is 4.90 Å². The molecular formula is C17H27IN2O2. The number of benzene rings is 1. The number of halogens is 1. The molecule has 0 aliphatic rings. The lowest BCUT2D eigenvalue weighted by Crippen LogP contribution is -2.49. The van der Waals surface area contributed by atoms with Gasteiger partial charge in [0, 0.05) is 27.9 Å². The van der Waals surface area contributed by atoms with E-state index in [1.165, 1.54) is 3.57 Å². The molecule has 0 saturated carbocycles. The second-order valence-corrected chi connectivity index (χ2v) is 8.49. The Morgan fingerprint density at radius 1 is 1.23 bits per heavy atom. The van der Waals surface area contributed by atoms with Crippen LogP contribution in [0.5, 0.6) is 0 Å². The number of anilines is 1. The Morgan fingerprint density at radius 2 is 1.86 bits per heavy atom. The van der Waals surface area contributed by atoms with Crippen LogP contribution in [0.2, 0.25) is 0 Å². The molecule has 1 N–H and O–H groups in total. The molecule has 0 saturated heterocycles. The first-order chi connectivity index (χ1) is 9.99. The van der Waals surface area contributed by atoms with Crippen LogP contribution < -0.4 is 5.32 Å². The van der Waals surface area contributed by atoms with E-state index in [9.17, 15) is 4.79 Å². The second kappa shape index (κ2) is 7.53. The van der Waals surface area contributed by atoms with Crippen molar-refractivity contribution in [3.05, 3.63) is 27.8 Å². The highest BCUT2D eigenvalue weighted by Crippen LogP contribution is 2.18. The number of carbonyl (C=O) groups excluding carboxylic acids is 1. The van der Waals surface area contributed by atoms with Crippen molar-refractivity contribution in [3.8, 4) is 0 Å². The van der Waals surface area contributed by atoms with Crippen molar-refractivity contribution in [2.24, 2.45) is 0 Å². The number of ether oxygens (including phenoxy) is 1. The van der Waals surface area contributed by atoms with Gasteiger partial charge in [-0.05, 0) is 82.3 Å². The van der Waals surface area contributed by atoms with Crippen LogP contribution in [0.1, 0.15) is 41.5 Å². The molecule has 22 heavy (non-hydrogen) atoms. The van der Waals surface area contributed by atoms with Gasteiger partial charge in [-0.15, -0.1) is 0 Å². The fraction of sp³-hybridized carbons (Fsp3) is 0.588. The molecule has 124 valence electrons. The van der Waals surface area contributed by atoms with Crippen molar-refractivity contribution < 1.29 is 9.53 Å². The van der Waals surface area contributed by atoms with Gasteiger partial charge >= 0.3 is 6.09 Å². The normalized spacial score (nSPS) is 12.0. The summed E-state index contributed by atoms with van der Waals surface area (Å²) in [5, 5.41) is 3.35. The van der Waals surface area contributed by atoms with Crippen molar-refractivity contribution in [1.82, 2.24) is 4.90 Å². The molecule has 0 fully saturated rings. The zero-order valence-corrected chi connectivity index (χ0v) is 16.5. The molecule has 0 bridgehead atoms. The van der Waals surface area contributed by atoms with E-state index in [2.05, 4.69) is 34.0 Å². The number of nitrogens with zero attached hydrogens (tertiary/aromatic N) is 1. The fourth-order valence-electron chi connectivity index (χ4n) is 1.93. The fourth-order valence-corrected chi connectivity index (χ4v) is 2.47. The van der Waals surface area contributed by atoms with Crippen molar-refractivity contribution in [3.63, 3.8) is 0 Å². The number of hydrogen-bond donors (Lipinski definition) is 1. The number of rotatable bonds is 4. The first kappa shape index (κ1) is 19.1. The minimum Gasteiger partial charge on any atom is -0.444 e. The first-order valence-corrected chi connectivity index (χ1v) is 8.57. The summed E-state index contributed by atoms with van der Waals surface area (Å²) in [4.78, 5) is 14.1. The summed E-state index contributed by atoms with van der Waals surface area (Å²) in [5.41, 5.74) is 0.295. The Hall–Kier alpha value is -0.980. The average molecular weight is 418 g/mol. The lowest BCUT2D eigenvalue weighted by atomic mass is 10.1. The van der Waals surface area contributed by atoms with Gasteiger partial charge in [-0.3, -0.25) is 0 Å². The van der Waals surface area contributed by atoms with Crippen LogP contribution in [-0.4, -0.2) is 35.2 Å². The van der Waals surface area contributed by atoms with Gasteiger partial charge in [0.1, 0.15) is 5.60 Å². The minimum absolute atomic E-state index is 0.274. The number of hydrogen-bond acceptors (Lipinski definition) is 3. The summed E-state index contributed by atoms with van der Waals surface area (Å²) in [6.07, 6.45) is -0.274. The Kier molecular flexibility index (Phi) is 6.52. The van der Waals surface area contributed by atoms with Gasteiger partial charge < -0.3 is 15.0 Å². The van der Waals surface area contributed by atoms with Crippen LogP contribution in [-0.2, 0) is 4.74 Å². The summed E-state index contributed by atoms with van der Waals surface area (Å²) in [5.74, 6) is 0. The Labute approximate surface area is 147 Å². The number of carbonyl (C=O) groups is 1. The monoisotopic (exact) mass is 418 g/mol. The molecule has 0 aliphatic heterocycles. The molecule has 0 aliphatic carbocycles. The van der Waals surface area contributed by atoms with Crippen molar-refractivity contribution in [2.45, 2.75) is 52.7 Å². The van der Waals surface area contributed by atoms with E-state index >= 15 is 0 Å². The SMILES string of the molecule is CC(C)(C)OC(=O)N(CCNc1cccc(I)c1)C(C)(C)C.